The Hall–Kier alpha value is -1.75. The van der Waals surface area contributed by atoms with Gasteiger partial charge in [-0.3, -0.25) is 9.88 Å². The van der Waals surface area contributed by atoms with Gasteiger partial charge in [0.2, 0.25) is 0 Å². The Morgan fingerprint density at radius 1 is 1.08 bits per heavy atom. The van der Waals surface area contributed by atoms with Crippen LogP contribution in [0.25, 0.3) is 0 Å². The van der Waals surface area contributed by atoms with E-state index in [1.807, 2.05) is 6.20 Å². The monoisotopic (exact) mass is 337 g/mol. The third-order valence-corrected chi connectivity index (χ3v) is 5.28. The van der Waals surface area contributed by atoms with Crippen molar-refractivity contribution < 1.29 is 4.74 Å². The second kappa shape index (κ2) is 8.09. The average Bonchev–Trinajstić information content (AvgIpc) is 2.68. The minimum atomic E-state index is 0.387. The summed E-state index contributed by atoms with van der Waals surface area (Å²) in [5, 5.41) is 3.71. The predicted octanol–water partition coefficient (Wildman–Crippen LogP) is 3.08. The topological polar surface area (TPSA) is 37.4 Å². The van der Waals surface area contributed by atoms with E-state index in [0.29, 0.717) is 6.04 Å². The number of aryl methyl sites for hydroxylation is 1. The molecule has 1 N–H and O–H groups in total. The number of rotatable bonds is 5. The van der Waals surface area contributed by atoms with Gasteiger partial charge in [-0.2, -0.15) is 0 Å². The van der Waals surface area contributed by atoms with Crippen LogP contribution in [0.5, 0.6) is 0 Å². The van der Waals surface area contributed by atoms with Crippen molar-refractivity contribution in [2.24, 2.45) is 0 Å². The van der Waals surface area contributed by atoms with E-state index in [1.54, 1.807) is 0 Å². The van der Waals surface area contributed by atoms with E-state index >= 15 is 0 Å². The fraction of sp³-hybridized carbons (Fsp3) is 0.476. The van der Waals surface area contributed by atoms with Crippen molar-refractivity contribution in [3.05, 3.63) is 65.0 Å². The molecule has 0 radical (unpaired) electrons. The lowest BCUT2D eigenvalue weighted by Gasteiger charge is -2.26. The van der Waals surface area contributed by atoms with Gasteiger partial charge in [0.15, 0.2) is 0 Å². The Morgan fingerprint density at radius 3 is 2.72 bits per heavy atom. The number of nitrogens with one attached hydrogen (secondary N) is 1. The van der Waals surface area contributed by atoms with Gasteiger partial charge in [-0.25, -0.2) is 0 Å². The number of benzene rings is 1. The molecule has 1 aromatic heterocycles. The summed E-state index contributed by atoms with van der Waals surface area (Å²) in [6.45, 7) is 5.72. The first kappa shape index (κ1) is 16.7. The summed E-state index contributed by atoms with van der Waals surface area (Å²) in [5.74, 6) is 0. The minimum absolute atomic E-state index is 0.387. The zero-order chi connectivity index (χ0) is 16.9. The molecule has 1 atom stereocenters. The Morgan fingerprint density at radius 2 is 1.88 bits per heavy atom. The van der Waals surface area contributed by atoms with Crippen LogP contribution in [0.2, 0.25) is 0 Å². The first-order valence-electron chi connectivity index (χ1n) is 9.43. The molecule has 0 amide bonds. The quantitative estimate of drug-likeness (QED) is 0.910. The number of morpholine rings is 1. The summed E-state index contributed by atoms with van der Waals surface area (Å²) in [6.07, 6.45) is 5.50. The van der Waals surface area contributed by atoms with E-state index in [-0.39, 0.29) is 0 Å². The highest BCUT2D eigenvalue weighted by atomic mass is 16.5. The number of hydrogen-bond donors (Lipinski definition) is 1. The molecule has 0 saturated carbocycles. The molecular formula is C21H27N3O. The lowest BCUT2D eigenvalue weighted by atomic mass is 9.92. The van der Waals surface area contributed by atoms with E-state index in [4.69, 9.17) is 4.74 Å². The van der Waals surface area contributed by atoms with Crippen molar-refractivity contribution in [1.82, 2.24) is 15.2 Å². The number of aromatic nitrogens is 1. The van der Waals surface area contributed by atoms with Crippen LogP contribution < -0.4 is 5.32 Å². The molecule has 2 aromatic rings. The largest absolute Gasteiger partial charge is 0.379 e. The van der Waals surface area contributed by atoms with Gasteiger partial charge in [-0.05, 0) is 42.0 Å². The van der Waals surface area contributed by atoms with Gasteiger partial charge in [0.1, 0.15) is 0 Å². The number of ether oxygens (including phenoxy) is 1. The van der Waals surface area contributed by atoms with Crippen LogP contribution in [0, 0.1) is 0 Å². The van der Waals surface area contributed by atoms with Crippen LogP contribution >= 0.6 is 0 Å². The molecule has 4 rings (SSSR count). The van der Waals surface area contributed by atoms with Gasteiger partial charge in [-0.15, -0.1) is 0 Å². The maximum absolute atomic E-state index is 5.42. The normalized spacial score (nSPS) is 21.0. The molecule has 1 aliphatic carbocycles. The maximum Gasteiger partial charge on any atom is 0.0605 e. The molecule has 132 valence electrons. The van der Waals surface area contributed by atoms with E-state index in [2.05, 4.69) is 51.6 Å². The van der Waals surface area contributed by atoms with Crippen molar-refractivity contribution >= 4 is 0 Å². The van der Waals surface area contributed by atoms with Gasteiger partial charge in [0.05, 0.1) is 24.9 Å². The zero-order valence-corrected chi connectivity index (χ0v) is 14.8. The first-order valence-corrected chi connectivity index (χ1v) is 9.43. The smallest absolute Gasteiger partial charge is 0.0605 e. The molecule has 25 heavy (non-hydrogen) atoms. The van der Waals surface area contributed by atoms with Gasteiger partial charge < -0.3 is 10.1 Å². The Labute approximate surface area is 150 Å². The maximum atomic E-state index is 5.42. The molecule has 2 aliphatic rings. The SMILES string of the molecule is c1cnc2c(c1)CCCC2NCc1ccc(CN2CCOCC2)cc1. The standard InChI is InChI=1S/C21H27N3O/c1-3-19-4-2-10-22-21(19)20(5-1)23-15-17-6-8-18(9-7-17)16-24-11-13-25-14-12-24/h2,4,6-10,20,23H,1,3,5,11-16H2. The highest BCUT2D eigenvalue weighted by Crippen LogP contribution is 2.27. The van der Waals surface area contributed by atoms with Crippen LogP contribution in [0.15, 0.2) is 42.6 Å². The summed E-state index contributed by atoms with van der Waals surface area (Å²) in [5.41, 5.74) is 5.38. The second-order valence-electron chi connectivity index (χ2n) is 7.08. The van der Waals surface area contributed by atoms with Crippen LogP contribution in [-0.4, -0.2) is 36.2 Å². The molecule has 0 spiro atoms. The Kier molecular flexibility index (Phi) is 5.40. The second-order valence-corrected chi connectivity index (χ2v) is 7.08. The summed E-state index contributed by atoms with van der Waals surface area (Å²) >= 11 is 0. The lowest BCUT2D eigenvalue weighted by molar-refractivity contribution is 0.0342. The number of hydrogen-bond acceptors (Lipinski definition) is 4. The highest BCUT2D eigenvalue weighted by molar-refractivity contribution is 5.26. The third-order valence-electron chi connectivity index (χ3n) is 5.28. The Balaban J connectivity index is 1.33. The van der Waals surface area contributed by atoms with Gasteiger partial charge >= 0.3 is 0 Å². The third kappa shape index (κ3) is 4.27. The molecule has 4 nitrogen and oxygen atoms in total. The molecule has 1 saturated heterocycles. The van der Waals surface area contributed by atoms with Crippen molar-refractivity contribution in [1.29, 1.82) is 0 Å². The van der Waals surface area contributed by atoms with E-state index in [0.717, 1.165) is 45.8 Å². The molecule has 1 fully saturated rings. The summed E-state index contributed by atoms with van der Waals surface area (Å²) in [6, 6.07) is 13.7. The lowest BCUT2D eigenvalue weighted by Crippen LogP contribution is -2.35. The van der Waals surface area contributed by atoms with Crippen molar-refractivity contribution in [3.8, 4) is 0 Å². The highest BCUT2D eigenvalue weighted by Gasteiger charge is 2.20. The molecule has 2 heterocycles. The van der Waals surface area contributed by atoms with E-state index in [9.17, 15) is 0 Å². The molecular weight excluding hydrogens is 310 g/mol. The first-order chi connectivity index (χ1) is 12.4. The summed E-state index contributed by atoms with van der Waals surface area (Å²) in [4.78, 5) is 7.07. The van der Waals surface area contributed by atoms with Crippen molar-refractivity contribution in [3.63, 3.8) is 0 Å². The van der Waals surface area contributed by atoms with Crippen LogP contribution in [0.1, 0.15) is 41.3 Å². The van der Waals surface area contributed by atoms with Gasteiger partial charge in [0, 0.05) is 32.4 Å². The number of nitrogens with zero attached hydrogens (tertiary/aromatic N) is 2. The van der Waals surface area contributed by atoms with Crippen LogP contribution in [0.3, 0.4) is 0 Å². The molecule has 1 aromatic carbocycles. The number of fused-ring (bicyclic) bond motifs is 1. The molecule has 1 aliphatic heterocycles. The molecule has 4 heteroatoms. The zero-order valence-electron chi connectivity index (χ0n) is 14.8. The summed E-state index contributed by atoms with van der Waals surface area (Å²) < 4.78 is 5.42. The fourth-order valence-corrected chi connectivity index (χ4v) is 3.83. The Bertz CT molecular complexity index is 680. The van der Waals surface area contributed by atoms with Crippen LogP contribution in [-0.2, 0) is 24.2 Å². The molecule has 1 unspecified atom stereocenters. The fourth-order valence-electron chi connectivity index (χ4n) is 3.83. The van der Waals surface area contributed by atoms with Gasteiger partial charge in [0.25, 0.3) is 0 Å². The predicted molar refractivity (Wildman–Crippen MR) is 99.3 cm³/mol. The van der Waals surface area contributed by atoms with Gasteiger partial charge in [-0.1, -0.05) is 30.3 Å². The van der Waals surface area contributed by atoms with E-state index in [1.165, 1.54) is 35.2 Å². The minimum Gasteiger partial charge on any atom is -0.379 e. The van der Waals surface area contributed by atoms with Crippen LogP contribution in [0.4, 0.5) is 0 Å². The number of pyridine rings is 1. The summed E-state index contributed by atoms with van der Waals surface area (Å²) in [7, 11) is 0. The van der Waals surface area contributed by atoms with Crippen molar-refractivity contribution in [2.75, 3.05) is 26.3 Å². The van der Waals surface area contributed by atoms with Crippen molar-refractivity contribution in [2.45, 2.75) is 38.4 Å². The van der Waals surface area contributed by atoms with E-state index < -0.39 is 0 Å². The molecule has 0 bridgehead atoms. The average molecular weight is 337 g/mol.